The van der Waals surface area contributed by atoms with E-state index in [1.54, 1.807) is 0 Å². The van der Waals surface area contributed by atoms with Crippen LogP contribution in [0.2, 0.25) is 0 Å². The highest BCUT2D eigenvalue weighted by Gasteiger charge is 1.89. The van der Waals surface area contributed by atoms with Gasteiger partial charge in [0.15, 0.2) is 0 Å². The normalized spacial score (nSPS) is 14.0. The van der Waals surface area contributed by atoms with E-state index >= 15 is 0 Å². The zero-order valence-corrected chi connectivity index (χ0v) is 11.1. The standard InChI is InChI=1S/C8H14.4C2H4/c1-2-4-6-8-7-5-3-1;4*1-2/h1-2H,3-8H2;4*1-2H2/b2-1+;;;;. The molecule has 0 heteroatoms. The van der Waals surface area contributed by atoms with Crippen molar-refractivity contribution in [2.45, 2.75) is 38.5 Å². The fourth-order valence-corrected chi connectivity index (χ4v) is 1.11. The smallest absolute Gasteiger partial charge is 0.0351 e. The van der Waals surface area contributed by atoms with Gasteiger partial charge in [0.05, 0.1) is 0 Å². The third-order valence-corrected chi connectivity index (χ3v) is 1.66. The molecule has 0 nitrogen and oxygen atoms in total. The Morgan fingerprint density at radius 2 is 0.688 bits per heavy atom. The minimum atomic E-state index is 1.32. The maximum atomic E-state index is 3.00. The minimum absolute atomic E-state index is 1.32. The molecule has 0 aromatic heterocycles. The first-order chi connectivity index (χ1) is 8.00. The van der Waals surface area contributed by atoms with Crippen LogP contribution >= 0.6 is 0 Å². The molecule has 1 aliphatic rings. The van der Waals surface area contributed by atoms with Crippen LogP contribution in [0, 0.1) is 0 Å². The van der Waals surface area contributed by atoms with Crippen molar-refractivity contribution in [3.63, 3.8) is 0 Å². The van der Waals surface area contributed by atoms with Crippen LogP contribution in [0.5, 0.6) is 0 Å². The maximum absolute atomic E-state index is 3.00. The summed E-state index contributed by atoms with van der Waals surface area (Å²) in [6.07, 6.45) is 13.0. The van der Waals surface area contributed by atoms with Crippen molar-refractivity contribution in [3.8, 4) is 0 Å². The molecule has 0 heterocycles. The molecule has 0 atom stereocenters. The van der Waals surface area contributed by atoms with Crippen molar-refractivity contribution in [2.24, 2.45) is 0 Å². The predicted octanol–water partition coefficient (Wildman–Crippen LogP) is 6.11. The summed E-state index contributed by atoms with van der Waals surface area (Å²) in [6.45, 7) is 24.0. The van der Waals surface area contributed by atoms with E-state index in [2.05, 4.69) is 64.8 Å². The molecule has 94 valence electrons. The number of hydrogen-bond acceptors (Lipinski definition) is 0. The second-order valence-corrected chi connectivity index (χ2v) is 2.46. The van der Waals surface area contributed by atoms with Gasteiger partial charge in [-0.2, -0.15) is 0 Å². The van der Waals surface area contributed by atoms with Gasteiger partial charge in [0.1, 0.15) is 0 Å². The summed E-state index contributed by atoms with van der Waals surface area (Å²) in [5.41, 5.74) is 0. The van der Waals surface area contributed by atoms with Crippen molar-refractivity contribution < 1.29 is 0 Å². The molecule has 0 saturated carbocycles. The molecule has 0 aliphatic heterocycles. The average Bonchev–Trinajstić information content (AvgIpc) is 2.38. The quantitative estimate of drug-likeness (QED) is 0.434. The summed E-state index contributed by atoms with van der Waals surface area (Å²) >= 11 is 0. The molecule has 0 saturated heterocycles. The van der Waals surface area contributed by atoms with Crippen molar-refractivity contribution in [1.82, 2.24) is 0 Å². The van der Waals surface area contributed by atoms with Gasteiger partial charge in [-0.15, -0.1) is 52.6 Å². The number of hydrogen-bond donors (Lipinski definition) is 0. The van der Waals surface area contributed by atoms with E-state index in [4.69, 9.17) is 0 Å². The summed E-state index contributed by atoms with van der Waals surface area (Å²) in [4.78, 5) is 0. The number of allylic oxidation sites excluding steroid dienone is 2. The molecule has 0 N–H and O–H groups in total. The molecule has 16 heavy (non-hydrogen) atoms. The Morgan fingerprint density at radius 3 is 0.938 bits per heavy atom. The van der Waals surface area contributed by atoms with Crippen molar-refractivity contribution in [2.75, 3.05) is 0 Å². The molecule has 0 aromatic carbocycles. The average molecular weight is 222 g/mol. The van der Waals surface area contributed by atoms with Gasteiger partial charge in [-0.3, -0.25) is 0 Å². The van der Waals surface area contributed by atoms with Gasteiger partial charge in [0.2, 0.25) is 0 Å². The third kappa shape index (κ3) is 38.7. The van der Waals surface area contributed by atoms with E-state index in [1.807, 2.05) is 0 Å². The lowest BCUT2D eigenvalue weighted by molar-refractivity contribution is 0.638. The summed E-state index contributed by atoms with van der Waals surface area (Å²) in [5, 5.41) is 0. The monoisotopic (exact) mass is 222 g/mol. The fraction of sp³-hybridized carbons (Fsp3) is 0.375. The van der Waals surface area contributed by atoms with E-state index in [1.165, 1.54) is 38.5 Å². The predicted molar refractivity (Wildman–Crippen MR) is 81.9 cm³/mol. The van der Waals surface area contributed by atoms with Crippen LogP contribution < -0.4 is 0 Å². The first-order valence-electron chi connectivity index (χ1n) is 5.65. The Bertz CT molecular complexity index is 95.2. The Morgan fingerprint density at radius 1 is 0.438 bits per heavy atom. The maximum Gasteiger partial charge on any atom is -0.0351 e. The Hall–Kier alpha value is -1.30. The van der Waals surface area contributed by atoms with Crippen LogP contribution in [0.15, 0.2) is 64.8 Å². The zero-order valence-electron chi connectivity index (χ0n) is 11.1. The summed E-state index contributed by atoms with van der Waals surface area (Å²) in [5.74, 6) is 0. The Balaban J connectivity index is -0.0000000771. The lowest BCUT2D eigenvalue weighted by atomic mass is 10.1. The van der Waals surface area contributed by atoms with Gasteiger partial charge >= 0.3 is 0 Å². The van der Waals surface area contributed by atoms with E-state index in [9.17, 15) is 0 Å². The highest BCUT2D eigenvalue weighted by Crippen LogP contribution is 2.09. The fourth-order valence-electron chi connectivity index (χ4n) is 1.11. The van der Waals surface area contributed by atoms with E-state index in [-0.39, 0.29) is 0 Å². The van der Waals surface area contributed by atoms with Gasteiger partial charge in [-0.25, -0.2) is 0 Å². The molecule has 0 amide bonds. The van der Waals surface area contributed by atoms with E-state index in [0.717, 1.165) is 0 Å². The second-order valence-electron chi connectivity index (χ2n) is 2.46. The van der Waals surface area contributed by atoms with Crippen LogP contribution in [0.4, 0.5) is 0 Å². The topological polar surface area (TPSA) is 0 Å². The van der Waals surface area contributed by atoms with Crippen LogP contribution in [-0.4, -0.2) is 0 Å². The molecule has 0 radical (unpaired) electrons. The Kier molecular flexibility index (Phi) is 74.1. The lowest BCUT2D eigenvalue weighted by Crippen LogP contribution is -1.80. The molecular weight excluding hydrogens is 192 g/mol. The van der Waals surface area contributed by atoms with Crippen molar-refractivity contribution in [3.05, 3.63) is 64.8 Å². The summed E-state index contributed by atoms with van der Waals surface area (Å²) < 4.78 is 0. The van der Waals surface area contributed by atoms with Gasteiger partial charge < -0.3 is 0 Å². The number of rotatable bonds is 0. The highest BCUT2D eigenvalue weighted by molar-refractivity contribution is 4.82. The minimum Gasteiger partial charge on any atom is -0.106 e. The molecular formula is C16H30. The molecule has 0 aromatic rings. The van der Waals surface area contributed by atoms with Crippen LogP contribution in [0.1, 0.15) is 38.5 Å². The van der Waals surface area contributed by atoms with Crippen LogP contribution in [0.3, 0.4) is 0 Å². The van der Waals surface area contributed by atoms with Crippen molar-refractivity contribution in [1.29, 1.82) is 0 Å². The second kappa shape index (κ2) is 49.2. The van der Waals surface area contributed by atoms with Gasteiger partial charge in [0, 0.05) is 0 Å². The highest BCUT2D eigenvalue weighted by atomic mass is 14.0. The van der Waals surface area contributed by atoms with E-state index < -0.39 is 0 Å². The molecule has 1 aliphatic carbocycles. The van der Waals surface area contributed by atoms with Gasteiger partial charge in [-0.05, 0) is 25.7 Å². The Labute approximate surface area is 104 Å². The zero-order chi connectivity index (χ0) is 13.7. The molecule has 0 bridgehead atoms. The van der Waals surface area contributed by atoms with Crippen LogP contribution in [-0.2, 0) is 0 Å². The van der Waals surface area contributed by atoms with Crippen LogP contribution in [0.25, 0.3) is 0 Å². The lowest BCUT2D eigenvalue weighted by Gasteiger charge is -2.00. The van der Waals surface area contributed by atoms with Crippen molar-refractivity contribution >= 4 is 0 Å². The largest absolute Gasteiger partial charge is 0.106 e. The first kappa shape index (κ1) is 24.1. The third-order valence-electron chi connectivity index (χ3n) is 1.66. The summed E-state index contributed by atoms with van der Waals surface area (Å²) in [7, 11) is 0. The van der Waals surface area contributed by atoms with Gasteiger partial charge in [-0.1, -0.05) is 25.0 Å². The van der Waals surface area contributed by atoms with Gasteiger partial charge in [0.25, 0.3) is 0 Å². The molecule has 1 rings (SSSR count). The summed E-state index contributed by atoms with van der Waals surface area (Å²) in [6, 6.07) is 0. The molecule has 0 unspecified atom stereocenters. The van der Waals surface area contributed by atoms with E-state index in [0.29, 0.717) is 0 Å². The SMILES string of the molecule is C1=C/CCCCCC/1.C=C.C=C.C=C.C=C. The first-order valence-corrected chi connectivity index (χ1v) is 5.65. The molecule has 0 fully saturated rings. The molecule has 0 spiro atoms.